The van der Waals surface area contributed by atoms with Crippen LogP contribution in [0.15, 0.2) is 22.7 Å². The fraction of sp³-hybridized carbons (Fsp3) is 0.462. The van der Waals surface area contributed by atoms with Crippen molar-refractivity contribution in [2.24, 2.45) is 5.73 Å². The molecule has 0 bridgehead atoms. The first-order valence-electron chi connectivity index (χ1n) is 5.85. The van der Waals surface area contributed by atoms with Crippen LogP contribution in [-0.2, 0) is 0 Å². The molecule has 0 saturated heterocycles. The SMILES string of the molecule is CCCC(CN)NC(=O)c1ccc(Br)c(C)c1. The Morgan fingerprint density at radius 3 is 2.76 bits per heavy atom. The van der Waals surface area contributed by atoms with E-state index < -0.39 is 0 Å². The van der Waals surface area contributed by atoms with E-state index in [0.717, 1.165) is 22.9 Å². The molecule has 1 atom stereocenters. The number of carbonyl (C=O) groups excluding carboxylic acids is 1. The van der Waals surface area contributed by atoms with Gasteiger partial charge < -0.3 is 11.1 Å². The molecule has 0 saturated carbocycles. The Hall–Kier alpha value is -0.870. The zero-order valence-electron chi connectivity index (χ0n) is 10.3. The average Bonchev–Trinajstić information content (AvgIpc) is 2.31. The minimum atomic E-state index is -0.0514. The summed E-state index contributed by atoms with van der Waals surface area (Å²) in [5.74, 6) is -0.0514. The smallest absolute Gasteiger partial charge is 0.251 e. The highest BCUT2D eigenvalue weighted by molar-refractivity contribution is 9.10. The quantitative estimate of drug-likeness (QED) is 0.878. The van der Waals surface area contributed by atoms with Crippen LogP contribution >= 0.6 is 15.9 Å². The lowest BCUT2D eigenvalue weighted by Gasteiger charge is -2.16. The van der Waals surface area contributed by atoms with Crippen LogP contribution in [0.3, 0.4) is 0 Å². The number of halogens is 1. The maximum absolute atomic E-state index is 12.0. The molecular formula is C13H19BrN2O. The summed E-state index contributed by atoms with van der Waals surface area (Å²) in [5, 5.41) is 2.95. The van der Waals surface area contributed by atoms with E-state index in [1.807, 2.05) is 25.1 Å². The van der Waals surface area contributed by atoms with E-state index in [-0.39, 0.29) is 11.9 Å². The summed E-state index contributed by atoms with van der Waals surface area (Å²) in [6.07, 6.45) is 1.93. The number of nitrogens with two attached hydrogens (primary N) is 1. The monoisotopic (exact) mass is 298 g/mol. The van der Waals surface area contributed by atoms with Gasteiger partial charge in [-0.3, -0.25) is 4.79 Å². The molecular weight excluding hydrogens is 280 g/mol. The molecule has 3 N–H and O–H groups in total. The number of aryl methyl sites for hydroxylation is 1. The Balaban J connectivity index is 2.72. The van der Waals surface area contributed by atoms with Gasteiger partial charge in [0, 0.05) is 22.6 Å². The van der Waals surface area contributed by atoms with Gasteiger partial charge in [-0.1, -0.05) is 29.3 Å². The molecule has 1 aromatic carbocycles. The third kappa shape index (κ3) is 4.13. The summed E-state index contributed by atoms with van der Waals surface area (Å²) >= 11 is 3.42. The van der Waals surface area contributed by atoms with Gasteiger partial charge in [0.15, 0.2) is 0 Å². The highest BCUT2D eigenvalue weighted by Gasteiger charge is 2.12. The van der Waals surface area contributed by atoms with Crippen molar-refractivity contribution in [3.05, 3.63) is 33.8 Å². The Kier molecular flexibility index (Phi) is 5.65. The molecule has 17 heavy (non-hydrogen) atoms. The van der Waals surface area contributed by atoms with E-state index in [4.69, 9.17) is 5.73 Å². The van der Waals surface area contributed by atoms with Gasteiger partial charge in [-0.2, -0.15) is 0 Å². The van der Waals surface area contributed by atoms with Crippen LogP contribution in [0.4, 0.5) is 0 Å². The molecule has 4 heteroatoms. The Morgan fingerprint density at radius 1 is 1.53 bits per heavy atom. The van der Waals surface area contributed by atoms with Crippen LogP contribution in [0.2, 0.25) is 0 Å². The standard InChI is InChI=1S/C13H19BrN2O/c1-3-4-11(8-15)16-13(17)10-5-6-12(14)9(2)7-10/h5-7,11H,3-4,8,15H2,1-2H3,(H,16,17). The van der Waals surface area contributed by atoms with Crippen molar-refractivity contribution >= 4 is 21.8 Å². The summed E-state index contributed by atoms with van der Waals surface area (Å²) in [7, 11) is 0. The molecule has 1 aromatic rings. The van der Waals surface area contributed by atoms with Crippen LogP contribution in [0, 0.1) is 6.92 Å². The van der Waals surface area contributed by atoms with Crippen molar-refractivity contribution < 1.29 is 4.79 Å². The van der Waals surface area contributed by atoms with E-state index in [1.165, 1.54) is 0 Å². The minimum Gasteiger partial charge on any atom is -0.348 e. The Morgan fingerprint density at radius 2 is 2.24 bits per heavy atom. The minimum absolute atomic E-state index is 0.0514. The van der Waals surface area contributed by atoms with Crippen LogP contribution < -0.4 is 11.1 Å². The summed E-state index contributed by atoms with van der Waals surface area (Å²) in [6, 6.07) is 5.64. The van der Waals surface area contributed by atoms with Gasteiger partial charge in [0.2, 0.25) is 0 Å². The van der Waals surface area contributed by atoms with E-state index >= 15 is 0 Å². The molecule has 0 fully saturated rings. The maximum atomic E-state index is 12.0. The Bertz CT molecular complexity index is 393. The molecule has 1 rings (SSSR count). The predicted octanol–water partition coefficient (Wildman–Crippen LogP) is 2.61. The lowest BCUT2D eigenvalue weighted by atomic mass is 10.1. The van der Waals surface area contributed by atoms with Gasteiger partial charge in [0.1, 0.15) is 0 Å². The highest BCUT2D eigenvalue weighted by Crippen LogP contribution is 2.17. The van der Waals surface area contributed by atoms with Gasteiger partial charge in [0.05, 0.1) is 0 Å². The van der Waals surface area contributed by atoms with Crippen LogP contribution in [0.25, 0.3) is 0 Å². The summed E-state index contributed by atoms with van der Waals surface area (Å²) < 4.78 is 1.01. The van der Waals surface area contributed by atoms with Crippen LogP contribution in [-0.4, -0.2) is 18.5 Å². The maximum Gasteiger partial charge on any atom is 0.251 e. The molecule has 0 aliphatic heterocycles. The van der Waals surface area contributed by atoms with Gasteiger partial charge in [-0.05, 0) is 37.1 Å². The van der Waals surface area contributed by atoms with Gasteiger partial charge >= 0.3 is 0 Å². The highest BCUT2D eigenvalue weighted by atomic mass is 79.9. The molecule has 0 aliphatic carbocycles. The lowest BCUT2D eigenvalue weighted by molar-refractivity contribution is 0.0936. The molecule has 0 radical (unpaired) electrons. The molecule has 1 unspecified atom stereocenters. The first kappa shape index (κ1) is 14.2. The second-order valence-electron chi connectivity index (χ2n) is 4.16. The summed E-state index contributed by atoms with van der Waals surface area (Å²) in [6.45, 7) is 4.53. The number of hydrogen-bond acceptors (Lipinski definition) is 2. The predicted molar refractivity (Wildman–Crippen MR) is 74.1 cm³/mol. The molecule has 1 amide bonds. The molecule has 3 nitrogen and oxygen atoms in total. The number of benzene rings is 1. The second kappa shape index (κ2) is 6.77. The van der Waals surface area contributed by atoms with Gasteiger partial charge in [-0.25, -0.2) is 0 Å². The Labute approximate surface area is 111 Å². The third-order valence-electron chi connectivity index (χ3n) is 2.68. The van der Waals surface area contributed by atoms with Crippen molar-refractivity contribution in [3.63, 3.8) is 0 Å². The van der Waals surface area contributed by atoms with E-state index in [1.54, 1.807) is 0 Å². The van der Waals surface area contributed by atoms with Crippen molar-refractivity contribution in [1.29, 1.82) is 0 Å². The van der Waals surface area contributed by atoms with Crippen molar-refractivity contribution in [2.75, 3.05) is 6.54 Å². The molecule has 0 heterocycles. The fourth-order valence-electron chi connectivity index (χ4n) is 1.65. The first-order valence-corrected chi connectivity index (χ1v) is 6.64. The molecule has 0 aromatic heterocycles. The first-order chi connectivity index (χ1) is 8.08. The third-order valence-corrected chi connectivity index (χ3v) is 3.57. The number of rotatable bonds is 5. The average molecular weight is 299 g/mol. The number of carbonyl (C=O) groups is 1. The number of nitrogens with one attached hydrogen (secondary N) is 1. The summed E-state index contributed by atoms with van der Waals surface area (Å²) in [5.41, 5.74) is 7.35. The second-order valence-corrected chi connectivity index (χ2v) is 5.01. The van der Waals surface area contributed by atoms with Crippen LogP contribution in [0.1, 0.15) is 35.7 Å². The normalized spacial score (nSPS) is 12.2. The van der Waals surface area contributed by atoms with E-state index in [2.05, 4.69) is 28.2 Å². The van der Waals surface area contributed by atoms with Gasteiger partial charge in [-0.15, -0.1) is 0 Å². The molecule has 0 aliphatic rings. The zero-order chi connectivity index (χ0) is 12.8. The fourth-order valence-corrected chi connectivity index (χ4v) is 1.90. The zero-order valence-corrected chi connectivity index (χ0v) is 11.9. The van der Waals surface area contributed by atoms with Crippen molar-refractivity contribution in [3.8, 4) is 0 Å². The lowest BCUT2D eigenvalue weighted by Crippen LogP contribution is -2.40. The van der Waals surface area contributed by atoms with Crippen molar-refractivity contribution in [1.82, 2.24) is 5.32 Å². The molecule has 94 valence electrons. The van der Waals surface area contributed by atoms with E-state index in [9.17, 15) is 4.79 Å². The number of hydrogen-bond donors (Lipinski definition) is 2. The topological polar surface area (TPSA) is 55.1 Å². The van der Waals surface area contributed by atoms with Gasteiger partial charge in [0.25, 0.3) is 5.91 Å². The van der Waals surface area contributed by atoms with Crippen molar-refractivity contribution in [2.45, 2.75) is 32.7 Å². The van der Waals surface area contributed by atoms with Crippen LogP contribution in [0.5, 0.6) is 0 Å². The summed E-state index contributed by atoms with van der Waals surface area (Å²) in [4.78, 5) is 12.0. The molecule has 0 spiro atoms. The number of amides is 1. The largest absolute Gasteiger partial charge is 0.348 e. The van der Waals surface area contributed by atoms with E-state index in [0.29, 0.717) is 12.1 Å².